The molecule has 2 rings (SSSR count). The van der Waals surface area contributed by atoms with Crippen molar-refractivity contribution in [3.05, 3.63) is 30.3 Å². The second-order valence-electron chi connectivity index (χ2n) is 6.39. The van der Waals surface area contributed by atoms with E-state index in [-0.39, 0.29) is 48.1 Å². The van der Waals surface area contributed by atoms with Gasteiger partial charge in [0, 0.05) is 19.1 Å². The lowest BCUT2D eigenvalue weighted by molar-refractivity contribution is 0.294. The Morgan fingerprint density at radius 3 is 2.23 bits per heavy atom. The molecule has 0 amide bonds. The lowest BCUT2D eigenvalue weighted by Crippen LogP contribution is -2.47. The third kappa shape index (κ3) is 7.13. The van der Waals surface area contributed by atoms with Crippen molar-refractivity contribution in [1.82, 2.24) is 9.44 Å². The first-order valence-electron chi connectivity index (χ1n) is 8.59. The smallest absolute Gasteiger partial charge is 0.240 e. The van der Waals surface area contributed by atoms with Crippen LogP contribution in [0.3, 0.4) is 0 Å². The van der Waals surface area contributed by atoms with Crippen molar-refractivity contribution in [2.24, 2.45) is 11.7 Å². The van der Waals surface area contributed by atoms with Crippen LogP contribution in [0.2, 0.25) is 0 Å². The molecule has 1 fully saturated rings. The van der Waals surface area contributed by atoms with Gasteiger partial charge in [-0.3, -0.25) is 0 Å². The number of nitrogens with one attached hydrogen (secondary N) is 2. The van der Waals surface area contributed by atoms with Crippen LogP contribution in [-0.4, -0.2) is 41.7 Å². The highest BCUT2D eigenvalue weighted by Crippen LogP contribution is 2.26. The van der Waals surface area contributed by atoms with E-state index in [0.717, 1.165) is 25.7 Å². The van der Waals surface area contributed by atoms with Gasteiger partial charge in [0.1, 0.15) is 0 Å². The third-order valence-corrected chi connectivity index (χ3v) is 7.40. The SMILES string of the molecule is Cl.NCC(NS(=O)(=O)CCNS(=O)(=O)c1ccccc1)C1CCCCC1. The van der Waals surface area contributed by atoms with E-state index in [0.29, 0.717) is 0 Å². The van der Waals surface area contributed by atoms with Gasteiger partial charge in [-0.1, -0.05) is 37.5 Å². The number of hydrogen-bond acceptors (Lipinski definition) is 5. The summed E-state index contributed by atoms with van der Waals surface area (Å²) in [7, 11) is -7.31. The Morgan fingerprint density at radius 1 is 1.04 bits per heavy atom. The fourth-order valence-corrected chi connectivity index (χ4v) is 5.58. The number of rotatable bonds is 9. The standard InChI is InChI=1S/C16H27N3O4S2.ClH/c17-13-16(14-7-3-1-4-8-14)19-24(20,21)12-11-18-25(22,23)15-9-5-2-6-10-15;/h2,5-6,9-10,14,16,18-19H,1,3-4,7-8,11-13,17H2;1H. The number of sulfonamides is 2. The molecule has 10 heteroatoms. The first-order chi connectivity index (χ1) is 11.8. The van der Waals surface area contributed by atoms with E-state index in [1.165, 1.54) is 18.6 Å². The molecule has 1 atom stereocenters. The molecule has 1 saturated carbocycles. The fourth-order valence-electron chi connectivity index (χ4n) is 3.16. The fraction of sp³-hybridized carbons (Fsp3) is 0.625. The van der Waals surface area contributed by atoms with Gasteiger partial charge in [-0.2, -0.15) is 0 Å². The predicted molar refractivity (Wildman–Crippen MR) is 105 cm³/mol. The summed E-state index contributed by atoms with van der Waals surface area (Å²) in [5.74, 6) is -0.0583. The van der Waals surface area contributed by atoms with Crippen molar-refractivity contribution in [3.8, 4) is 0 Å². The number of hydrogen-bond donors (Lipinski definition) is 3. The summed E-state index contributed by atoms with van der Waals surface area (Å²) in [6.07, 6.45) is 5.33. The zero-order valence-corrected chi connectivity index (χ0v) is 17.1. The van der Waals surface area contributed by atoms with Crippen molar-refractivity contribution in [2.45, 2.75) is 43.0 Å². The van der Waals surface area contributed by atoms with E-state index in [1.54, 1.807) is 18.2 Å². The molecule has 0 radical (unpaired) electrons. The third-order valence-electron chi connectivity index (χ3n) is 4.52. The minimum atomic E-state index is -3.70. The largest absolute Gasteiger partial charge is 0.329 e. The van der Waals surface area contributed by atoms with Crippen molar-refractivity contribution in [1.29, 1.82) is 0 Å². The lowest BCUT2D eigenvalue weighted by atomic mass is 9.84. The van der Waals surface area contributed by atoms with Crippen molar-refractivity contribution in [2.75, 3.05) is 18.8 Å². The quantitative estimate of drug-likeness (QED) is 0.549. The first kappa shape index (κ1) is 23.3. The number of nitrogens with two attached hydrogens (primary N) is 1. The summed E-state index contributed by atoms with van der Waals surface area (Å²) in [5, 5.41) is 0. The number of halogens is 1. The predicted octanol–water partition coefficient (Wildman–Crippen LogP) is 1.21. The summed E-state index contributed by atoms with van der Waals surface area (Å²) >= 11 is 0. The highest BCUT2D eigenvalue weighted by Gasteiger charge is 2.26. The molecule has 0 bridgehead atoms. The lowest BCUT2D eigenvalue weighted by Gasteiger charge is -2.29. The minimum Gasteiger partial charge on any atom is -0.329 e. The molecule has 1 unspecified atom stereocenters. The van der Waals surface area contributed by atoms with Gasteiger partial charge < -0.3 is 5.73 Å². The Labute approximate surface area is 162 Å². The van der Waals surface area contributed by atoms with Crippen LogP contribution >= 0.6 is 12.4 Å². The first-order valence-corrected chi connectivity index (χ1v) is 11.7. The molecular weight excluding hydrogens is 398 g/mol. The molecule has 0 aromatic heterocycles. The van der Waals surface area contributed by atoms with E-state index >= 15 is 0 Å². The average molecular weight is 426 g/mol. The van der Waals surface area contributed by atoms with Gasteiger partial charge >= 0.3 is 0 Å². The second-order valence-corrected chi connectivity index (χ2v) is 10.0. The minimum absolute atomic E-state index is 0. The number of benzene rings is 1. The molecule has 0 aliphatic heterocycles. The maximum Gasteiger partial charge on any atom is 0.240 e. The Morgan fingerprint density at radius 2 is 1.65 bits per heavy atom. The van der Waals surface area contributed by atoms with Gasteiger partial charge in [0.25, 0.3) is 0 Å². The summed E-state index contributed by atoms with van der Waals surface area (Å²) in [5.41, 5.74) is 5.75. The van der Waals surface area contributed by atoms with Crippen molar-refractivity contribution in [3.63, 3.8) is 0 Å². The van der Waals surface area contributed by atoms with Gasteiger partial charge in [-0.15, -0.1) is 12.4 Å². The highest BCUT2D eigenvalue weighted by atomic mass is 35.5. The molecule has 1 aliphatic carbocycles. The maximum atomic E-state index is 12.3. The summed E-state index contributed by atoms with van der Waals surface area (Å²) in [6, 6.07) is 7.58. The molecule has 7 nitrogen and oxygen atoms in total. The van der Waals surface area contributed by atoms with E-state index < -0.39 is 20.0 Å². The van der Waals surface area contributed by atoms with Gasteiger partial charge in [0.2, 0.25) is 20.0 Å². The van der Waals surface area contributed by atoms with E-state index in [9.17, 15) is 16.8 Å². The van der Waals surface area contributed by atoms with E-state index in [1.807, 2.05) is 0 Å². The van der Waals surface area contributed by atoms with Gasteiger partial charge in [-0.25, -0.2) is 26.3 Å². The van der Waals surface area contributed by atoms with Crippen LogP contribution in [0.5, 0.6) is 0 Å². The van der Waals surface area contributed by atoms with Crippen LogP contribution in [0, 0.1) is 5.92 Å². The Kier molecular flexibility index (Phi) is 9.49. The van der Waals surface area contributed by atoms with E-state index in [4.69, 9.17) is 5.73 Å². The van der Waals surface area contributed by atoms with Crippen LogP contribution in [-0.2, 0) is 20.0 Å². The normalized spacial score (nSPS) is 17.4. The van der Waals surface area contributed by atoms with Gasteiger partial charge in [0.15, 0.2) is 0 Å². The van der Waals surface area contributed by atoms with Crippen LogP contribution in [0.25, 0.3) is 0 Å². The molecule has 0 spiro atoms. The zero-order chi connectivity index (χ0) is 18.3. The molecule has 1 aromatic rings. The zero-order valence-electron chi connectivity index (χ0n) is 14.6. The second kappa shape index (κ2) is 10.6. The molecule has 26 heavy (non-hydrogen) atoms. The summed E-state index contributed by atoms with van der Waals surface area (Å²) in [4.78, 5) is 0.113. The van der Waals surface area contributed by atoms with Crippen molar-refractivity contribution < 1.29 is 16.8 Å². The van der Waals surface area contributed by atoms with Gasteiger partial charge in [0.05, 0.1) is 10.6 Å². The molecule has 150 valence electrons. The Hall–Kier alpha value is -0.710. The topological polar surface area (TPSA) is 118 Å². The Bertz CT molecular complexity index is 736. The summed E-state index contributed by atoms with van der Waals surface area (Å²) in [6.45, 7) is 0.0636. The van der Waals surface area contributed by atoms with Crippen LogP contribution in [0.15, 0.2) is 35.2 Å². The molecular formula is C16H28ClN3O4S2. The molecule has 0 heterocycles. The van der Waals surface area contributed by atoms with E-state index in [2.05, 4.69) is 9.44 Å². The monoisotopic (exact) mass is 425 g/mol. The van der Waals surface area contributed by atoms with Crippen LogP contribution in [0.1, 0.15) is 32.1 Å². The van der Waals surface area contributed by atoms with Crippen LogP contribution in [0.4, 0.5) is 0 Å². The van der Waals surface area contributed by atoms with Gasteiger partial charge in [-0.05, 0) is 30.9 Å². The molecule has 0 saturated heterocycles. The molecule has 4 N–H and O–H groups in total. The van der Waals surface area contributed by atoms with Crippen LogP contribution < -0.4 is 15.2 Å². The highest BCUT2D eigenvalue weighted by molar-refractivity contribution is 7.90. The van der Waals surface area contributed by atoms with Crippen molar-refractivity contribution >= 4 is 32.5 Å². The Balaban J connectivity index is 0.00000338. The maximum absolute atomic E-state index is 12.3. The summed E-state index contributed by atoms with van der Waals surface area (Å²) < 4.78 is 53.7. The molecule has 1 aromatic carbocycles. The molecule has 1 aliphatic rings. The average Bonchev–Trinajstić information content (AvgIpc) is 2.61.